The van der Waals surface area contributed by atoms with Crippen molar-refractivity contribution in [1.29, 1.82) is 0 Å². The number of aryl methyl sites for hydroxylation is 1. The minimum absolute atomic E-state index is 0.860. The van der Waals surface area contributed by atoms with Crippen molar-refractivity contribution in [3.05, 3.63) is 75.6 Å². The molecule has 0 saturated carbocycles. The van der Waals surface area contributed by atoms with E-state index in [0.29, 0.717) is 0 Å². The van der Waals surface area contributed by atoms with Crippen LogP contribution in [-0.4, -0.2) is 17.9 Å². The molecule has 1 heterocycles. The summed E-state index contributed by atoms with van der Waals surface area (Å²) < 4.78 is 8.56. The third-order valence-corrected chi connectivity index (χ3v) is 4.29. The molecular weight excluding hydrogens is 399 g/mol. The zero-order valence-corrected chi connectivity index (χ0v) is 15.2. The monoisotopic (exact) mass is 416 g/mol. The van der Waals surface area contributed by atoms with Crippen LogP contribution in [0.2, 0.25) is 0 Å². The number of aliphatic imine (C=N–C) groups is 1. The van der Waals surface area contributed by atoms with E-state index in [0.717, 1.165) is 22.7 Å². The number of rotatable bonds is 4. The van der Waals surface area contributed by atoms with Crippen molar-refractivity contribution in [1.82, 2.24) is 4.57 Å². The highest BCUT2D eigenvalue weighted by Crippen LogP contribution is 2.19. The molecule has 2 aromatic carbocycles. The minimum atomic E-state index is 0.860. The number of hydrogen-bond acceptors (Lipinski definition) is 2. The molecule has 1 aromatic heterocycles. The van der Waals surface area contributed by atoms with E-state index >= 15 is 0 Å². The van der Waals surface area contributed by atoms with Crippen LogP contribution in [0, 0.1) is 10.5 Å². The van der Waals surface area contributed by atoms with E-state index in [9.17, 15) is 0 Å². The van der Waals surface area contributed by atoms with Crippen LogP contribution in [0.1, 0.15) is 11.3 Å². The molecule has 0 unspecified atom stereocenters. The predicted octanol–water partition coefficient (Wildman–Crippen LogP) is 5.15. The number of aromatic nitrogens is 1. The average molecular weight is 416 g/mol. The number of benzene rings is 2. The summed E-state index contributed by atoms with van der Waals surface area (Å²) in [5.41, 5.74) is 4.31. The van der Waals surface area contributed by atoms with E-state index in [1.807, 2.05) is 42.6 Å². The van der Waals surface area contributed by atoms with E-state index in [1.54, 1.807) is 7.11 Å². The standard InChI is InChI=1S/C19H17IN2O/c1-14-11-15(12-21-17-5-3-16(20)4-6-17)13-22(14)18-7-9-19(23-2)10-8-18/h3-13H,1-2H3. The molecule has 0 N–H and O–H groups in total. The lowest BCUT2D eigenvalue weighted by Gasteiger charge is -2.06. The summed E-state index contributed by atoms with van der Waals surface area (Å²) in [5.74, 6) is 0.860. The SMILES string of the molecule is COc1ccc(-n2cc(C=Nc3ccc(I)cc3)cc2C)cc1. The largest absolute Gasteiger partial charge is 0.497 e. The highest BCUT2D eigenvalue weighted by atomic mass is 127. The van der Waals surface area contributed by atoms with Gasteiger partial charge >= 0.3 is 0 Å². The normalized spacial score (nSPS) is 11.1. The smallest absolute Gasteiger partial charge is 0.119 e. The molecule has 4 heteroatoms. The van der Waals surface area contributed by atoms with Crippen LogP contribution in [0.25, 0.3) is 5.69 Å². The van der Waals surface area contributed by atoms with Gasteiger partial charge in [-0.1, -0.05) is 0 Å². The molecule has 0 radical (unpaired) electrons. The van der Waals surface area contributed by atoms with E-state index in [4.69, 9.17) is 4.74 Å². The maximum atomic E-state index is 5.21. The van der Waals surface area contributed by atoms with Crippen molar-refractivity contribution in [3.8, 4) is 11.4 Å². The molecule has 3 aromatic rings. The third kappa shape index (κ3) is 3.82. The molecule has 0 aliphatic carbocycles. The first-order valence-corrected chi connectivity index (χ1v) is 8.36. The van der Waals surface area contributed by atoms with Crippen LogP contribution < -0.4 is 4.74 Å². The lowest BCUT2D eigenvalue weighted by Crippen LogP contribution is -1.94. The second-order valence-electron chi connectivity index (χ2n) is 5.22. The van der Waals surface area contributed by atoms with Gasteiger partial charge in [0.05, 0.1) is 12.8 Å². The maximum Gasteiger partial charge on any atom is 0.119 e. The zero-order chi connectivity index (χ0) is 16.2. The summed E-state index contributed by atoms with van der Waals surface area (Å²) in [7, 11) is 1.68. The molecule has 0 aliphatic heterocycles. The Labute approximate surface area is 149 Å². The fourth-order valence-electron chi connectivity index (χ4n) is 2.37. The summed E-state index contributed by atoms with van der Waals surface area (Å²) in [6.07, 6.45) is 3.99. The molecule has 0 aliphatic rings. The molecule has 0 fully saturated rings. The van der Waals surface area contributed by atoms with E-state index in [2.05, 4.69) is 63.5 Å². The van der Waals surface area contributed by atoms with Gasteiger partial charge in [-0.3, -0.25) is 4.99 Å². The summed E-state index contributed by atoms with van der Waals surface area (Å²) in [6, 6.07) is 18.3. The van der Waals surface area contributed by atoms with Gasteiger partial charge in [-0.15, -0.1) is 0 Å². The van der Waals surface area contributed by atoms with Crippen LogP contribution >= 0.6 is 22.6 Å². The summed E-state index contributed by atoms with van der Waals surface area (Å²) in [5, 5.41) is 0. The Morgan fingerprint density at radius 2 is 1.74 bits per heavy atom. The fourth-order valence-corrected chi connectivity index (χ4v) is 2.73. The first-order valence-electron chi connectivity index (χ1n) is 7.29. The zero-order valence-electron chi connectivity index (χ0n) is 13.0. The van der Waals surface area contributed by atoms with Gasteiger partial charge in [-0.2, -0.15) is 0 Å². The lowest BCUT2D eigenvalue weighted by molar-refractivity contribution is 0.414. The van der Waals surface area contributed by atoms with Crippen molar-refractivity contribution in [2.24, 2.45) is 4.99 Å². The Morgan fingerprint density at radius 1 is 1.04 bits per heavy atom. The van der Waals surface area contributed by atoms with Crippen LogP contribution in [0.5, 0.6) is 5.75 Å². The van der Waals surface area contributed by atoms with Gasteiger partial charge < -0.3 is 9.30 Å². The second kappa shape index (κ2) is 7.00. The average Bonchev–Trinajstić information content (AvgIpc) is 2.95. The summed E-state index contributed by atoms with van der Waals surface area (Å²) in [4.78, 5) is 4.53. The molecule has 3 nitrogen and oxygen atoms in total. The van der Waals surface area contributed by atoms with Crippen molar-refractivity contribution in [2.45, 2.75) is 6.92 Å². The first-order chi connectivity index (χ1) is 11.2. The highest BCUT2D eigenvalue weighted by molar-refractivity contribution is 14.1. The molecule has 23 heavy (non-hydrogen) atoms. The van der Waals surface area contributed by atoms with Crippen LogP contribution in [0.3, 0.4) is 0 Å². The van der Waals surface area contributed by atoms with Gasteiger partial charge in [0.25, 0.3) is 0 Å². The van der Waals surface area contributed by atoms with Crippen molar-refractivity contribution >= 4 is 34.5 Å². The van der Waals surface area contributed by atoms with Gasteiger partial charge in [-0.05, 0) is 84.1 Å². The van der Waals surface area contributed by atoms with E-state index < -0.39 is 0 Å². The maximum absolute atomic E-state index is 5.21. The van der Waals surface area contributed by atoms with Gasteiger partial charge in [0.1, 0.15) is 5.75 Å². The van der Waals surface area contributed by atoms with Crippen LogP contribution in [0.4, 0.5) is 5.69 Å². The van der Waals surface area contributed by atoms with Gasteiger partial charge in [-0.25, -0.2) is 0 Å². The first kappa shape index (κ1) is 15.8. The summed E-state index contributed by atoms with van der Waals surface area (Å²) >= 11 is 2.29. The van der Waals surface area contributed by atoms with Gasteiger partial charge in [0.2, 0.25) is 0 Å². The second-order valence-corrected chi connectivity index (χ2v) is 6.46. The number of ether oxygens (including phenoxy) is 1. The molecule has 0 spiro atoms. The molecule has 0 saturated heterocycles. The third-order valence-electron chi connectivity index (χ3n) is 3.57. The Balaban J connectivity index is 1.83. The minimum Gasteiger partial charge on any atom is -0.497 e. The topological polar surface area (TPSA) is 26.5 Å². The molecule has 0 atom stereocenters. The predicted molar refractivity (Wildman–Crippen MR) is 103 cm³/mol. The van der Waals surface area contributed by atoms with Crippen LogP contribution in [0.15, 0.2) is 65.8 Å². The lowest BCUT2D eigenvalue weighted by atomic mass is 10.3. The molecule has 116 valence electrons. The Bertz CT molecular complexity index is 818. The highest BCUT2D eigenvalue weighted by Gasteiger charge is 2.03. The molecule has 0 bridgehead atoms. The number of nitrogens with zero attached hydrogens (tertiary/aromatic N) is 2. The number of halogens is 1. The Kier molecular flexibility index (Phi) is 4.81. The van der Waals surface area contributed by atoms with Crippen molar-refractivity contribution in [2.75, 3.05) is 7.11 Å². The molecular formula is C19H17IN2O. The Hall–Kier alpha value is -2.08. The van der Waals surface area contributed by atoms with Gasteiger partial charge in [0.15, 0.2) is 0 Å². The Morgan fingerprint density at radius 3 is 2.39 bits per heavy atom. The quantitative estimate of drug-likeness (QED) is 0.427. The number of hydrogen-bond donors (Lipinski definition) is 0. The fraction of sp³-hybridized carbons (Fsp3) is 0.105. The molecule has 0 amide bonds. The van der Waals surface area contributed by atoms with Gasteiger partial charge in [0, 0.05) is 32.9 Å². The van der Waals surface area contributed by atoms with E-state index in [-0.39, 0.29) is 0 Å². The van der Waals surface area contributed by atoms with Crippen molar-refractivity contribution < 1.29 is 4.74 Å². The van der Waals surface area contributed by atoms with Crippen LogP contribution in [-0.2, 0) is 0 Å². The summed E-state index contributed by atoms with van der Waals surface area (Å²) in [6.45, 7) is 2.09. The van der Waals surface area contributed by atoms with E-state index in [1.165, 1.54) is 9.26 Å². The number of methoxy groups -OCH3 is 1. The molecule has 3 rings (SSSR count). The van der Waals surface area contributed by atoms with Crippen molar-refractivity contribution in [3.63, 3.8) is 0 Å².